The maximum Gasteiger partial charge on any atom is 0.310 e. The molecule has 0 aliphatic rings. The van der Waals surface area contributed by atoms with Gasteiger partial charge in [-0.2, -0.15) is 0 Å². The van der Waals surface area contributed by atoms with Crippen LogP contribution in [0.2, 0.25) is 0 Å². The molecule has 1 N–H and O–H groups in total. The predicted molar refractivity (Wildman–Crippen MR) is 79.8 cm³/mol. The van der Waals surface area contributed by atoms with Crippen LogP contribution in [-0.4, -0.2) is 28.0 Å². The Balaban J connectivity index is 1.95. The Hall–Kier alpha value is -1.72. The molecule has 0 bridgehead atoms. The Morgan fingerprint density at radius 1 is 1.35 bits per heavy atom. The van der Waals surface area contributed by atoms with Crippen molar-refractivity contribution in [3.8, 4) is 0 Å². The molecule has 0 radical (unpaired) electrons. The van der Waals surface area contributed by atoms with Crippen molar-refractivity contribution in [2.45, 2.75) is 25.9 Å². The first-order valence-corrected chi connectivity index (χ1v) is 7.38. The largest absolute Gasteiger partial charge is 0.481 e. The van der Waals surface area contributed by atoms with Gasteiger partial charge in [0, 0.05) is 18.5 Å². The number of carboxylic acid groups (broad SMARTS) is 1. The molecule has 0 amide bonds. The second kappa shape index (κ2) is 6.63. The fraction of sp³-hybridized carbons (Fsp3) is 0.333. The van der Waals surface area contributed by atoms with E-state index in [1.165, 1.54) is 5.56 Å². The van der Waals surface area contributed by atoms with Gasteiger partial charge in [0.2, 0.25) is 0 Å². The van der Waals surface area contributed by atoms with E-state index in [-0.39, 0.29) is 0 Å². The van der Waals surface area contributed by atoms with E-state index in [9.17, 15) is 4.79 Å². The van der Waals surface area contributed by atoms with Crippen LogP contribution in [0.15, 0.2) is 35.2 Å². The lowest BCUT2D eigenvalue weighted by Crippen LogP contribution is -2.17. The molecule has 2 aromatic rings. The molecule has 4 nitrogen and oxygen atoms in total. The molecule has 0 saturated carbocycles. The van der Waals surface area contributed by atoms with Gasteiger partial charge in [0.05, 0.1) is 17.1 Å². The van der Waals surface area contributed by atoms with E-state index in [2.05, 4.69) is 9.88 Å². The number of thiazole rings is 1. The summed E-state index contributed by atoms with van der Waals surface area (Å²) in [6.07, 6.45) is 0. The number of nitrogens with zero attached hydrogens (tertiary/aromatic N) is 2. The molecule has 106 valence electrons. The van der Waals surface area contributed by atoms with Gasteiger partial charge in [-0.1, -0.05) is 24.3 Å². The molecule has 1 atom stereocenters. The monoisotopic (exact) mass is 290 g/mol. The Morgan fingerprint density at radius 3 is 2.60 bits per heavy atom. The van der Waals surface area contributed by atoms with Crippen LogP contribution in [0.4, 0.5) is 0 Å². The predicted octanol–water partition coefficient (Wildman–Crippen LogP) is 2.96. The molecule has 2 rings (SSSR count). The first kappa shape index (κ1) is 14.7. The van der Waals surface area contributed by atoms with Crippen LogP contribution < -0.4 is 0 Å². The zero-order valence-corrected chi connectivity index (χ0v) is 12.4. The Morgan fingerprint density at radius 2 is 2.05 bits per heavy atom. The van der Waals surface area contributed by atoms with Crippen LogP contribution in [0.5, 0.6) is 0 Å². The quantitative estimate of drug-likeness (QED) is 0.888. The third kappa shape index (κ3) is 3.88. The first-order chi connectivity index (χ1) is 9.56. The highest BCUT2D eigenvalue weighted by molar-refractivity contribution is 7.07. The van der Waals surface area contributed by atoms with Crippen molar-refractivity contribution in [3.05, 3.63) is 52.0 Å². The molecular weight excluding hydrogens is 272 g/mol. The molecule has 0 saturated heterocycles. The normalized spacial score (nSPS) is 12.6. The van der Waals surface area contributed by atoms with Crippen molar-refractivity contribution in [1.82, 2.24) is 9.88 Å². The second-order valence-electron chi connectivity index (χ2n) is 4.95. The molecular formula is C15H18N2O2S. The van der Waals surface area contributed by atoms with Crippen LogP contribution in [0.25, 0.3) is 0 Å². The van der Waals surface area contributed by atoms with Crippen LogP contribution in [0.1, 0.15) is 29.7 Å². The minimum atomic E-state index is -0.793. The Bertz CT molecular complexity index is 552. The minimum absolute atomic E-state index is 0.461. The van der Waals surface area contributed by atoms with Crippen LogP contribution in [0.3, 0.4) is 0 Å². The standard InChI is InChI=1S/C15H18N2O2S/c1-11(15(18)19)13-5-3-12(4-6-13)7-17(2)8-14-9-20-10-16-14/h3-6,9-11H,7-8H2,1-2H3,(H,18,19). The highest BCUT2D eigenvalue weighted by Crippen LogP contribution is 2.17. The van der Waals surface area contributed by atoms with Crippen molar-refractivity contribution in [2.75, 3.05) is 7.05 Å². The van der Waals surface area contributed by atoms with Crippen molar-refractivity contribution in [3.63, 3.8) is 0 Å². The maximum absolute atomic E-state index is 10.9. The summed E-state index contributed by atoms with van der Waals surface area (Å²) < 4.78 is 0. The van der Waals surface area contributed by atoms with Crippen molar-refractivity contribution in [2.24, 2.45) is 0 Å². The number of rotatable bonds is 6. The first-order valence-electron chi connectivity index (χ1n) is 6.43. The van der Waals surface area contributed by atoms with E-state index >= 15 is 0 Å². The Labute approximate surface area is 122 Å². The number of carboxylic acids is 1. The zero-order chi connectivity index (χ0) is 14.5. The lowest BCUT2D eigenvalue weighted by molar-refractivity contribution is -0.138. The highest BCUT2D eigenvalue weighted by Gasteiger charge is 2.13. The number of carbonyl (C=O) groups is 1. The third-order valence-corrected chi connectivity index (χ3v) is 3.85. The molecule has 1 unspecified atom stereocenters. The number of benzene rings is 1. The number of aliphatic carboxylic acids is 1. The van der Waals surface area contributed by atoms with Crippen LogP contribution in [0, 0.1) is 0 Å². The summed E-state index contributed by atoms with van der Waals surface area (Å²) in [5, 5.41) is 11.0. The molecule has 0 fully saturated rings. The van der Waals surface area contributed by atoms with Gasteiger partial charge in [-0.3, -0.25) is 9.69 Å². The zero-order valence-electron chi connectivity index (χ0n) is 11.6. The van der Waals surface area contributed by atoms with Gasteiger partial charge in [-0.05, 0) is 25.1 Å². The molecule has 1 heterocycles. The summed E-state index contributed by atoms with van der Waals surface area (Å²) in [6.45, 7) is 3.34. The molecule has 0 spiro atoms. The topological polar surface area (TPSA) is 53.4 Å². The minimum Gasteiger partial charge on any atom is -0.481 e. The van der Waals surface area contributed by atoms with Gasteiger partial charge in [-0.15, -0.1) is 11.3 Å². The average Bonchev–Trinajstić information content (AvgIpc) is 2.91. The van der Waals surface area contributed by atoms with E-state index in [4.69, 9.17) is 5.11 Å². The maximum atomic E-state index is 10.9. The van der Waals surface area contributed by atoms with E-state index < -0.39 is 11.9 Å². The van der Waals surface area contributed by atoms with E-state index in [1.54, 1.807) is 18.3 Å². The van der Waals surface area contributed by atoms with Crippen molar-refractivity contribution >= 4 is 17.3 Å². The van der Waals surface area contributed by atoms with Gasteiger partial charge < -0.3 is 5.11 Å². The fourth-order valence-corrected chi connectivity index (χ4v) is 2.56. The van der Waals surface area contributed by atoms with Crippen molar-refractivity contribution in [1.29, 1.82) is 0 Å². The van der Waals surface area contributed by atoms with E-state index in [0.29, 0.717) is 0 Å². The van der Waals surface area contributed by atoms with Gasteiger partial charge in [0.15, 0.2) is 0 Å². The molecule has 20 heavy (non-hydrogen) atoms. The summed E-state index contributed by atoms with van der Waals surface area (Å²) in [4.78, 5) is 17.4. The lowest BCUT2D eigenvalue weighted by atomic mass is 10.00. The number of aromatic nitrogens is 1. The average molecular weight is 290 g/mol. The molecule has 1 aromatic carbocycles. The smallest absolute Gasteiger partial charge is 0.310 e. The highest BCUT2D eigenvalue weighted by atomic mass is 32.1. The van der Waals surface area contributed by atoms with Crippen LogP contribution in [-0.2, 0) is 17.9 Å². The second-order valence-corrected chi connectivity index (χ2v) is 5.67. The number of hydrogen-bond donors (Lipinski definition) is 1. The van der Waals surface area contributed by atoms with Gasteiger partial charge in [0.25, 0.3) is 0 Å². The van der Waals surface area contributed by atoms with Gasteiger partial charge >= 0.3 is 5.97 Å². The molecule has 0 aliphatic heterocycles. The molecule has 0 aliphatic carbocycles. The van der Waals surface area contributed by atoms with Crippen LogP contribution >= 0.6 is 11.3 Å². The summed E-state index contributed by atoms with van der Waals surface area (Å²) in [7, 11) is 2.05. The SMILES string of the molecule is CC(C(=O)O)c1ccc(CN(C)Cc2cscn2)cc1. The summed E-state index contributed by atoms with van der Waals surface area (Å²) in [5.41, 5.74) is 4.92. The molecule has 1 aromatic heterocycles. The lowest BCUT2D eigenvalue weighted by Gasteiger charge is -2.16. The van der Waals surface area contributed by atoms with E-state index in [0.717, 1.165) is 24.3 Å². The third-order valence-electron chi connectivity index (χ3n) is 3.22. The van der Waals surface area contributed by atoms with Crippen molar-refractivity contribution < 1.29 is 9.90 Å². The summed E-state index contributed by atoms with van der Waals surface area (Å²) in [5.74, 6) is -1.25. The van der Waals surface area contributed by atoms with E-state index in [1.807, 2.05) is 42.2 Å². The van der Waals surface area contributed by atoms with Gasteiger partial charge in [0.1, 0.15) is 0 Å². The Kier molecular flexibility index (Phi) is 4.87. The number of hydrogen-bond acceptors (Lipinski definition) is 4. The van der Waals surface area contributed by atoms with Gasteiger partial charge in [-0.25, -0.2) is 4.98 Å². The fourth-order valence-electron chi connectivity index (χ4n) is 2.01. The summed E-state index contributed by atoms with van der Waals surface area (Å²) >= 11 is 1.60. The summed E-state index contributed by atoms with van der Waals surface area (Å²) in [6, 6.07) is 7.77. The molecule has 5 heteroatoms.